The minimum Gasteiger partial charge on any atom is -0.354 e. The van der Waals surface area contributed by atoms with Gasteiger partial charge in [-0.1, -0.05) is 30.3 Å². The molecule has 1 fully saturated rings. The van der Waals surface area contributed by atoms with Crippen LogP contribution in [0.3, 0.4) is 0 Å². The molecular weight excluding hydrogens is 186 g/mol. The molecule has 0 aromatic heterocycles. The molecule has 1 N–H and O–H groups in total. The van der Waals surface area contributed by atoms with Crippen LogP contribution in [0.2, 0.25) is 0 Å². The van der Waals surface area contributed by atoms with Gasteiger partial charge in [-0.15, -0.1) is 0 Å². The molecule has 0 bridgehead atoms. The van der Waals surface area contributed by atoms with Gasteiger partial charge in [-0.2, -0.15) is 0 Å². The van der Waals surface area contributed by atoms with Crippen LogP contribution in [-0.2, 0) is 11.2 Å². The van der Waals surface area contributed by atoms with Crippen molar-refractivity contribution in [1.29, 1.82) is 0 Å². The molecule has 1 aliphatic rings. The standard InChI is InChI=1S/C13H17NO/c1-10-7-12(9-13(15)14-10)8-11-5-3-2-4-6-11/h2-6,10,12H,7-9H2,1H3,(H,14,15)/t10-,12-/m1/s1. The number of benzene rings is 1. The van der Waals surface area contributed by atoms with Gasteiger partial charge in [0.2, 0.25) is 5.91 Å². The lowest BCUT2D eigenvalue weighted by atomic mass is 9.87. The predicted molar refractivity (Wildman–Crippen MR) is 60.5 cm³/mol. The van der Waals surface area contributed by atoms with Crippen LogP contribution in [0.25, 0.3) is 0 Å². The van der Waals surface area contributed by atoms with Crippen LogP contribution < -0.4 is 5.32 Å². The van der Waals surface area contributed by atoms with E-state index in [4.69, 9.17) is 0 Å². The van der Waals surface area contributed by atoms with Crippen molar-refractivity contribution in [3.8, 4) is 0 Å². The van der Waals surface area contributed by atoms with E-state index >= 15 is 0 Å². The second kappa shape index (κ2) is 4.47. The van der Waals surface area contributed by atoms with Crippen LogP contribution in [-0.4, -0.2) is 11.9 Å². The largest absolute Gasteiger partial charge is 0.354 e. The second-order valence-corrected chi connectivity index (χ2v) is 4.46. The van der Waals surface area contributed by atoms with Crippen LogP contribution in [0, 0.1) is 5.92 Å². The minimum atomic E-state index is 0.203. The van der Waals surface area contributed by atoms with E-state index in [-0.39, 0.29) is 5.91 Å². The van der Waals surface area contributed by atoms with Crippen LogP contribution >= 0.6 is 0 Å². The normalized spacial score (nSPS) is 26.1. The number of amides is 1. The van der Waals surface area contributed by atoms with Gasteiger partial charge in [-0.25, -0.2) is 0 Å². The first-order valence-electron chi connectivity index (χ1n) is 5.57. The fourth-order valence-electron chi connectivity index (χ4n) is 2.34. The van der Waals surface area contributed by atoms with Crippen molar-refractivity contribution in [2.24, 2.45) is 5.92 Å². The van der Waals surface area contributed by atoms with Crippen LogP contribution in [0.4, 0.5) is 0 Å². The molecule has 0 radical (unpaired) electrons. The van der Waals surface area contributed by atoms with Gasteiger partial charge in [-0.3, -0.25) is 4.79 Å². The number of hydrogen-bond acceptors (Lipinski definition) is 1. The highest BCUT2D eigenvalue weighted by Crippen LogP contribution is 2.21. The van der Waals surface area contributed by atoms with Gasteiger partial charge in [0.05, 0.1) is 0 Å². The van der Waals surface area contributed by atoms with E-state index < -0.39 is 0 Å². The Kier molecular flexibility index (Phi) is 3.05. The van der Waals surface area contributed by atoms with Crippen molar-refractivity contribution in [3.63, 3.8) is 0 Å². The van der Waals surface area contributed by atoms with E-state index in [1.54, 1.807) is 0 Å². The van der Waals surface area contributed by atoms with E-state index in [1.165, 1.54) is 5.56 Å². The molecule has 0 saturated carbocycles. The highest BCUT2D eigenvalue weighted by atomic mass is 16.1. The van der Waals surface area contributed by atoms with E-state index in [9.17, 15) is 4.79 Å². The molecule has 2 heteroatoms. The monoisotopic (exact) mass is 203 g/mol. The molecule has 0 unspecified atom stereocenters. The Hall–Kier alpha value is -1.31. The first kappa shape index (κ1) is 10.2. The molecule has 80 valence electrons. The van der Waals surface area contributed by atoms with Gasteiger partial charge in [0.25, 0.3) is 0 Å². The van der Waals surface area contributed by atoms with Gasteiger partial charge in [0, 0.05) is 12.5 Å². The fourth-order valence-corrected chi connectivity index (χ4v) is 2.34. The molecule has 15 heavy (non-hydrogen) atoms. The van der Waals surface area contributed by atoms with Crippen LogP contribution in [0.5, 0.6) is 0 Å². The Balaban J connectivity index is 1.97. The molecule has 1 heterocycles. The maximum atomic E-state index is 11.4. The maximum Gasteiger partial charge on any atom is 0.220 e. The third-order valence-corrected chi connectivity index (χ3v) is 2.94. The molecule has 0 spiro atoms. The van der Waals surface area contributed by atoms with Gasteiger partial charge < -0.3 is 5.32 Å². The number of carbonyl (C=O) groups is 1. The fraction of sp³-hybridized carbons (Fsp3) is 0.462. The molecule has 1 amide bonds. The lowest BCUT2D eigenvalue weighted by Gasteiger charge is -2.27. The third kappa shape index (κ3) is 2.82. The number of nitrogens with one attached hydrogen (secondary N) is 1. The number of carbonyl (C=O) groups excluding carboxylic acids is 1. The molecule has 1 saturated heterocycles. The van der Waals surface area contributed by atoms with Gasteiger partial charge in [-0.05, 0) is 31.2 Å². The van der Waals surface area contributed by atoms with Crippen molar-refractivity contribution in [3.05, 3.63) is 35.9 Å². The number of hydrogen-bond donors (Lipinski definition) is 1. The summed E-state index contributed by atoms with van der Waals surface area (Å²) in [5.41, 5.74) is 1.34. The molecule has 1 aliphatic heterocycles. The molecule has 2 atom stereocenters. The first-order chi connectivity index (χ1) is 7.24. The smallest absolute Gasteiger partial charge is 0.220 e. The summed E-state index contributed by atoms with van der Waals surface area (Å²) in [5.74, 6) is 0.714. The SMILES string of the molecule is C[C@@H]1C[C@H](Cc2ccccc2)CC(=O)N1. The molecule has 1 aromatic carbocycles. The van der Waals surface area contributed by atoms with Crippen molar-refractivity contribution in [2.75, 3.05) is 0 Å². The summed E-state index contributed by atoms with van der Waals surface area (Å²) >= 11 is 0. The quantitative estimate of drug-likeness (QED) is 0.784. The molecule has 2 rings (SSSR count). The summed E-state index contributed by atoms with van der Waals surface area (Å²) in [7, 11) is 0. The van der Waals surface area contributed by atoms with E-state index in [0.717, 1.165) is 12.8 Å². The zero-order valence-corrected chi connectivity index (χ0v) is 9.07. The van der Waals surface area contributed by atoms with Crippen molar-refractivity contribution >= 4 is 5.91 Å². The van der Waals surface area contributed by atoms with Crippen molar-refractivity contribution in [2.45, 2.75) is 32.2 Å². The Morgan fingerprint density at radius 1 is 1.33 bits per heavy atom. The Bertz CT molecular complexity index is 334. The highest BCUT2D eigenvalue weighted by Gasteiger charge is 2.23. The van der Waals surface area contributed by atoms with Crippen molar-refractivity contribution < 1.29 is 4.79 Å². The Labute approximate surface area is 90.7 Å². The summed E-state index contributed by atoms with van der Waals surface area (Å²) in [5, 5.41) is 2.96. The summed E-state index contributed by atoms with van der Waals surface area (Å²) in [6, 6.07) is 10.7. The van der Waals surface area contributed by atoms with Crippen LogP contribution in [0.1, 0.15) is 25.3 Å². The summed E-state index contributed by atoms with van der Waals surface area (Å²) < 4.78 is 0. The van der Waals surface area contributed by atoms with Gasteiger partial charge in [0.15, 0.2) is 0 Å². The van der Waals surface area contributed by atoms with E-state index in [1.807, 2.05) is 6.07 Å². The lowest BCUT2D eigenvalue weighted by molar-refractivity contribution is -0.124. The van der Waals surface area contributed by atoms with Crippen molar-refractivity contribution in [1.82, 2.24) is 5.32 Å². The third-order valence-electron chi connectivity index (χ3n) is 2.94. The first-order valence-corrected chi connectivity index (χ1v) is 5.57. The zero-order chi connectivity index (χ0) is 10.7. The topological polar surface area (TPSA) is 29.1 Å². The molecular formula is C13H17NO. The average Bonchev–Trinajstić information content (AvgIpc) is 2.17. The average molecular weight is 203 g/mol. The zero-order valence-electron chi connectivity index (χ0n) is 9.07. The minimum absolute atomic E-state index is 0.203. The second-order valence-electron chi connectivity index (χ2n) is 4.46. The Morgan fingerprint density at radius 2 is 2.07 bits per heavy atom. The predicted octanol–water partition coefficient (Wildman–Crippen LogP) is 2.14. The summed E-state index contributed by atoms with van der Waals surface area (Å²) in [4.78, 5) is 11.4. The maximum absolute atomic E-state index is 11.4. The van der Waals surface area contributed by atoms with Gasteiger partial charge in [0.1, 0.15) is 0 Å². The van der Waals surface area contributed by atoms with E-state index in [2.05, 4.69) is 36.5 Å². The number of rotatable bonds is 2. The van der Waals surface area contributed by atoms with E-state index in [0.29, 0.717) is 18.4 Å². The highest BCUT2D eigenvalue weighted by molar-refractivity contribution is 5.77. The summed E-state index contributed by atoms with van der Waals surface area (Å²) in [6.07, 6.45) is 2.80. The molecule has 0 aliphatic carbocycles. The van der Waals surface area contributed by atoms with Crippen LogP contribution in [0.15, 0.2) is 30.3 Å². The Morgan fingerprint density at radius 3 is 2.73 bits per heavy atom. The number of piperidine rings is 1. The van der Waals surface area contributed by atoms with Gasteiger partial charge >= 0.3 is 0 Å². The summed E-state index contributed by atoms with van der Waals surface area (Å²) in [6.45, 7) is 2.08. The lowest BCUT2D eigenvalue weighted by Crippen LogP contribution is -2.40. The molecule has 2 nitrogen and oxygen atoms in total. The molecule has 1 aromatic rings.